The van der Waals surface area contributed by atoms with Crippen LogP contribution in [0.4, 0.5) is 4.39 Å². The summed E-state index contributed by atoms with van der Waals surface area (Å²) in [7, 11) is 0. The van der Waals surface area contributed by atoms with E-state index in [1.807, 2.05) is 37.3 Å². The van der Waals surface area contributed by atoms with E-state index in [1.54, 1.807) is 12.1 Å². The van der Waals surface area contributed by atoms with Crippen LogP contribution in [0.2, 0.25) is 0 Å². The zero-order valence-corrected chi connectivity index (χ0v) is 8.87. The first-order valence-electron chi connectivity index (χ1n) is 4.97. The summed E-state index contributed by atoms with van der Waals surface area (Å²) in [6.45, 7) is 1.96. The predicted molar refractivity (Wildman–Crippen MR) is 61.3 cm³/mol. The Kier molecular flexibility index (Phi) is 2.70. The van der Waals surface area contributed by atoms with E-state index in [9.17, 15) is 4.39 Å². The van der Waals surface area contributed by atoms with Gasteiger partial charge in [0.2, 0.25) is 0 Å². The van der Waals surface area contributed by atoms with Crippen molar-refractivity contribution in [1.82, 2.24) is 0 Å². The molecule has 0 aliphatic heterocycles. The Labute approximate surface area is 93.8 Å². The van der Waals surface area contributed by atoms with Gasteiger partial charge >= 0.3 is 0 Å². The summed E-state index contributed by atoms with van der Waals surface area (Å²) in [5.41, 5.74) is 2.79. The van der Waals surface area contributed by atoms with Crippen molar-refractivity contribution in [3.8, 4) is 17.2 Å². The summed E-state index contributed by atoms with van der Waals surface area (Å²) in [6.07, 6.45) is 0. The van der Waals surface area contributed by atoms with E-state index in [0.29, 0.717) is 11.1 Å². The van der Waals surface area contributed by atoms with Crippen LogP contribution in [0.3, 0.4) is 0 Å². The molecule has 0 aromatic heterocycles. The molecule has 2 aromatic carbocycles. The van der Waals surface area contributed by atoms with Crippen molar-refractivity contribution in [1.29, 1.82) is 5.26 Å². The minimum atomic E-state index is -0.357. The van der Waals surface area contributed by atoms with E-state index in [1.165, 1.54) is 6.07 Å². The Morgan fingerprint density at radius 2 is 1.94 bits per heavy atom. The van der Waals surface area contributed by atoms with Gasteiger partial charge in [-0.15, -0.1) is 0 Å². The Morgan fingerprint density at radius 1 is 1.12 bits per heavy atom. The third-order valence-electron chi connectivity index (χ3n) is 2.43. The number of nitriles is 1. The molecule has 0 saturated carbocycles. The van der Waals surface area contributed by atoms with Crippen molar-refractivity contribution < 1.29 is 4.39 Å². The molecule has 0 aliphatic carbocycles. The minimum Gasteiger partial charge on any atom is -0.206 e. The summed E-state index contributed by atoms with van der Waals surface area (Å²) >= 11 is 0. The van der Waals surface area contributed by atoms with Gasteiger partial charge in [-0.1, -0.05) is 35.9 Å². The number of halogens is 1. The average Bonchev–Trinajstić information content (AvgIpc) is 2.28. The molecule has 16 heavy (non-hydrogen) atoms. The maximum Gasteiger partial charge on any atom is 0.132 e. The number of hydrogen-bond donors (Lipinski definition) is 0. The number of aryl methyl sites for hydroxylation is 1. The molecule has 0 unspecified atom stereocenters. The Hall–Kier alpha value is -2.14. The molecule has 0 heterocycles. The van der Waals surface area contributed by atoms with Gasteiger partial charge in [-0.05, 0) is 24.6 Å². The fraction of sp³-hybridized carbons (Fsp3) is 0.0714. The molecule has 78 valence electrons. The summed E-state index contributed by atoms with van der Waals surface area (Å²) < 4.78 is 13.7. The number of hydrogen-bond acceptors (Lipinski definition) is 1. The Morgan fingerprint density at radius 3 is 2.56 bits per heavy atom. The molecule has 2 rings (SSSR count). The molecule has 2 heteroatoms. The Balaban J connectivity index is 2.53. The van der Waals surface area contributed by atoms with Crippen LogP contribution < -0.4 is 0 Å². The van der Waals surface area contributed by atoms with Gasteiger partial charge in [0, 0.05) is 5.56 Å². The molecule has 0 N–H and O–H groups in total. The van der Waals surface area contributed by atoms with Crippen LogP contribution in [0, 0.1) is 24.1 Å². The SMILES string of the molecule is Cc1cccc(-c2ccc(C#N)cc2F)c1. The molecular formula is C14H10FN. The van der Waals surface area contributed by atoms with Crippen LogP contribution >= 0.6 is 0 Å². The predicted octanol–water partition coefficient (Wildman–Crippen LogP) is 3.67. The average molecular weight is 211 g/mol. The highest BCUT2D eigenvalue weighted by atomic mass is 19.1. The lowest BCUT2D eigenvalue weighted by Crippen LogP contribution is -1.86. The van der Waals surface area contributed by atoms with Crippen LogP contribution in [0.5, 0.6) is 0 Å². The normalized spacial score (nSPS) is 9.81. The zero-order chi connectivity index (χ0) is 11.5. The van der Waals surface area contributed by atoms with E-state index in [-0.39, 0.29) is 5.82 Å². The third-order valence-corrected chi connectivity index (χ3v) is 2.43. The molecule has 0 atom stereocenters. The molecular weight excluding hydrogens is 201 g/mol. The van der Waals surface area contributed by atoms with Gasteiger partial charge in [-0.2, -0.15) is 5.26 Å². The van der Waals surface area contributed by atoms with Gasteiger partial charge in [0.05, 0.1) is 11.6 Å². The highest BCUT2D eigenvalue weighted by molar-refractivity contribution is 5.65. The smallest absolute Gasteiger partial charge is 0.132 e. The fourth-order valence-electron chi connectivity index (χ4n) is 1.63. The molecule has 0 spiro atoms. The van der Waals surface area contributed by atoms with Gasteiger partial charge in [0.1, 0.15) is 5.82 Å². The van der Waals surface area contributed by atoms with Crippen LogP contribution in [0.1, 0.15) is 11.1 Å². The second kappa shape index (κ2) is 4.16. The first-order valence-corrected chi connectivity index (χ1v) is 4.97. The summed E-state index contributed by atoms with van der Waals surface area (Å²) in [4.78, 5) is 0. The van der Waals surface area contributed by atoms with Crippen LogP contribution in [0.25, 0.3) is 11.1 Å². The fourth-order valence-corrected chi connectivity index (χ4v) is 1.63. The van der Waals surface area contributed by atoms with Crippen molar-refractivity contribution >= 4 is 0 Å². The van der Waals surface area contributed by atoms with E-state index in [0.717, 1.165) is 11.1 Å². The largest absolute Gasteiger partial charge is 0.206 e. The zero-order valence-electron chi connectivity index (χ0n) is 8.87. The molecule has 0 saturated heterocycles. The van der Waals surface area contributed by atoms with Gasteiger partial charge in [0.25, 0.3) is 0 Å². The third kappa shape index (κ3) is 1.94. The molecule has 0 fully saturated rings. The van der Waals surface area contributed by atoms with Gasteiger partial charge in [0.15, 0.2) is 0 Å². The summed E-state index contributed by atoms with van der Waals surface area (Å²) in [6, 6.07) is 14.1. The molecule has 0 radical (unpaired) electrons. The number of rotatable bonds is 1. The molecule has 0 aliphatic rings. The van der Waals surface area contributed by atoms with E-state index in [4.69, 9.17) is 5.26 Å². The second-order valence-corrected chi connectivity index (χ2v) is 3.68. The minimum absolute atomic E-state index is 0.342. The number of benzene rings is 2. The monoisotopic (exact) mass is 211 g/mol. The van der Waals surface area contributed by atoms with Crippen molar-refractivity contribution in [2.45, 2.75) is 6.92 Å². The van der Waals surface area contributed by atoms with Gasteiger partial charge in [-0.25, -0.2) is 4.39 Å². The maximum atomic E-state index is 13.7. The molecule has 0 amide bonds. The molecule has 1 nitrogen and oxygen atoms in total. The van der Waals surface area contributed by atoms with E-state index in [2.05, 4.69) is 0 Å². The highest BCUT2D eigenvalue weighted by Gasteiger charge is 2.05. The lowest BCUT2D eigenvalue weighted by molar-refractivity contribution is 0.631. The molecule has 0 bridgehead atoms. The van der Waals surface area contributed by atoms with Crippen molar-refractivity contribution in [2.75, 3.05) is 0 Å². The van der Waals surface area contributed by atoms with Gasteiger partial charge in [-0.3, -0.25) is 0 Å². The first-order chi connectivity index (χ1) is 7.70. The lowest BCUT2D eigenvalue weighted by Gasteiger charge is -2.04. The van der Waals surface area contributed by atoms with E-state index >= 15 is 0 Å². The van der Waals surface area contributed by atoms with Gasteiger partial charge < -0.3 is 0 Å². The highest BCUT2D eigenvalue weighted by Crippen LogP contribution is 2.24. The lowest BCUT2D eigenvalue weighted by atomic mass is 10.0. The van der Waals surface area contributed by atoms with Crippen molar-refractivity contribution in [3.05, 3.63) is 59.4 Å². The topological polar surface area (TPSA) is 23.8 Å². The number of nitrogens with zero attached hydrogens (tertiary/aromatic N) is 1. The molecule has 2 aromatic rings. The van der Waals surface area contributed by atoms with Crippen LogP contribution in [0.15, 0.2) is 42.5 Å². The summed E-state index contributed by atoms with van der Waals surface area (Å²) in [5.74, 6) is -0.357. The Bertz CT molecular complexity index is 567. The van der Waals surface area contributed by atoms with E-state index < -0.39 is 0 Å². The standard InChI is InChI=1S/C14H10FN/c1-10-3-2-4-12(7-10)13-6-5-11(9-16)8-14(13)15/h2-8H,1H3. The van der Waals surface area contributed by atoms with Crippen LogP contribution in [-0.4, -0.2) is 0 Å². The summed E-state index contributed by atoms with van der Waals surface area (Å²) in [5, 5.41) is 8.65. The van der Waals surface area contributed by atoms with Crippen LogP contribution in [-0.2, 0) is 0 Å². The quantitative estimate of drug-likeness (QED) is 0.706. The maximum absolute atomic E-state index is 13.7. The van der Waals surface area contributed by atoms with Crippen molar-refractivity contribution in [2.24, 2.45) is 0 Å². The van der Waals surface area contributed by atoms with Crippen molar-refractivity contribution in [3.63, 3.8) is 0 Å². The first kappa shape index (κ1) is 10.4. The second-order valence-electron chi connectivity index (χ2n) is 3.68.